The first kappa shape index (κ1) is 11.5. The van der Waals surface area contributed by atoms with Crippen LogP contribution >= 0.6 is 0 Å². The molecule has 1 amide bonds. The van der Waals surface area contributed by atoms with Crippen molar-refractivity contribution in [3.8, 4) is 0 Å². The van der Waals surface area contributed by atoms with Crippen LogP contribution in [0, 0.1) is 0 Å². The molecule has 96 valence electrons. The first-order valence-electron chi connectivity index (χ1n) is 6.79. The molecule has 0 radical (unpaired) electrons. The SMILES string of the molecule is CC(C)N1CC2(CCNCC2)OC2(CC2)C1=O. The minimum Gasteiger partial charge on any atom is -0.357 e. The molecule has 0 unspecified atom stereocenters. The molecule has 0 aromatic carbocycles. The number of carbonyl (C=O) groups is 1. The summed E-state index contributed by atoms with van der Waals surface area (Å²) in [6.45, 7) is 7.02. The van der Waals surface area contributed by atoms with Crippen molar-refractivity contribution in [3.05, 3.63) is 0 Å². The van der Waals surface area contributed by atoms with Gasteiger partial charge in [-0.3, -0.25) is 4.79 Å². The van der Waals surface area contributed by atoms with Gasteiger partial charge in [0.25, 0.3) is 5.91 Å². The maximum Gasteiger partial charge on any atom is 0.255 e. The maximum absolute atomic E-state index is 12.4. The van der Waals surface area contributed by atoms with Gasteiger partial charge in [0.2, 0.25) is 0 Å². The summed E-state index contributed by atoms with van der Waals surface area (Å²) >= 11 is 0. The number of morpholine rings is 1. The lowest BCUT2D eigenvalue weighted by Crippen LogP contribution is -2.64. The summed E-state index contributed by atoms with van der Waals surface area (Å²) in [5, 5.41) is 3.38. The number of ether oxygens (including phenoxy) is 1. The largest absolute Gasteiger partial charge is 0.357 e. The Kier molecular flexibility index (Phi) is 2.49. The molecule has 4 nitrogen and oxygen atoms in total. The third kappa shape index (κ3) is 1.78. The average Bonchev–Trinajstić information content (AvgIpc) is 3.05. The molecule has 0 bridgehead atoms. The monoisotopic (exact) mass is 238 g/mol. The van der Waals surface area contributed by atoms with E-state index in [2.05, 4.69) is 19.2 Å². The maximum atomic E-state index is 12.4. The van der Waals surface area contributed by atoms with Gasteiger partial charge in [0.05, 0.1) is 12.1 Å². The molecule has 1 N–H and O–H groups in total. The fourth-order valence-corrected chi connectivity index (χ4v) is 3.12. The molecule has 1 saturated carbocycles. The van der Waals surface area contributed by atoms with Crippen LogP contribution in [0.15, 0.2) is 0 Å². The van der Waals surface area contributed by atoms with Crippen molar-refractivity contribution in [2.75, 3.05) is 19.6 Å². The second-order valence-corrected chi connectivity index (χ2v) is 6.06. The Morgan fingerprint density at radius 2 is 1.88 bits per heavy atom. The Morgan fingerprint density at radius 1 is 1.24 bits per heavy atom. The summed E-state index contributed by atoms with van der Waals surface area (Å²) in [5.74, 6) is 0.233. The summed E-state index contributed by atoms with van der Waals surface area (Å²) in [5.41, 5.74) is -0.500. The van der Waals surface area contributed by atoms with Crippen LogP contribution in [0.4, 0.5) is 0 Å². The fraction of sp³-hybridized carbons (Fsp3) is 0.923. The van der Waals surface area contributed by atoms with Gasteiger partial charge in [0.1, 0.15) is 5.60 Å². The second kappa shape index (κ2) is 3.69. The highest BCUT2D eigenvalue weighted by molar-refractivity contribution is 5.89. The Bertz CT molecular complexity index is 330. The van der Waals surface area contributed by atoms with Crippen molar-refractivity contribution in [2.24, 2.45) is 0 Å². The lowest BCUT2D eigenvalue weighted by Gasteiger charge is -2.49. The number of amides is 1. The number of carbonyl (C=O) groups excluding carboxylic acids is 1. The van der Waals surface area contributed by atoms with Gasteiger partial charge < -0.3 is 15.0 Å². The van der Waals surface area contributed by atoms with Gasteiger partial charge in [0, 0.05) is 6.04 Å². The molecular weight excluding hydrogens is 216 g/mol. The van der Waals surface area contributed by atoms with Crippen LogP contribution in [0.1, 0.15) is 39.5 Å². The third-order valence-corrected chi connectivity index (χ3v) is 4.36. The van der Waals surface area contributed by atoms with E-state index < -0.39 is 5.60 Å². The van der Waals surface area contributed by atoms with Gasteiger partial charge in [-0.2, -0.15) is 0 Å². The summed E-state index contributed by atoms with van der Waals surface area (Å²) in [4.78, 5) is 14.4. The van der Waals surface area contributed by atoms with E-state index in [4.69, 9.17) is 4.74 Å². The van der Waals surface area contributed by atoms with Crippen molar-refractivity contribution in [3.63, 3.8) is 0 Å². The highest BCUT2D eigenvalue weighted by atomic mass is 16.5. The van der Waals surface area contributed by atoms with E-state index in [1.54, 1.807) is 0 Å². The molecule has 0 aromatic rings. The standard InChI is InChI=1S/C13H22N2O2/c1-10(2)15-9-12(5-7-14-8-6-12)17-13(3-4-13)11(15)16/h10,14H,3-9H2,1-2H3. The summed E-state index contributed by atoms with van der Waals surface area (Å²) in [7, 11) is 0. The van der Waals surface area contributed by atoms with E-state index in [1.165, 1.54) is 0 Å². The predicted molar refractivity (Wildman–Crippen MR) is 64.7 cm³/mol. The number of hydrogen-bond acceptors (Lipinski definition) is 3. The number of piperidine rings is 1. The molecule has 0 atom stereocenters. The highest BCUT2D eigenvalue weighted by Gasteiger charge is 2.61. The Morgan fingerprint density at radius 3 is 2.41 bits per heavy atom. The lowest BCUT2D eigenvalue weighted by atomic mass is 9.88. The predicted octanol–water partition coefficient (Wildman–Crippen LogP) is 0.908. The summed E-state index contributed by atoms with van der Waals surface area (Å²) < 4.78 is 6.27. The third-order valence-electron chi connectivity index (χ3n) is 4.36. The van der Waals surface area contributed by atoms with Gasteiger partial charge >= 0.3 is 0 Å². The number of nitrogens with one attached hydrogen (secondary N) is 1. The van der Waals surface area contributed by atoms with Gasteiger partial charge in [-0.1, -0.05) is 0 Å². The molecule has 3 fully saturated rings. The normalized spacial score (nSPS) is 30.3. The van der Waals surface area contributed by atoms with Gasteiger partial charge in [-0.05, 0) is 52.6 Å². The second-order valence-electron chi connectivity index (χ2n) is 6.06. The van der Waals surface area contributed by atoms with Crippen LogP contribution in [-0.4, -0.2) is 47.7 Å². The van der Waals surface area contributed by atoms with Crippen LogP contribution in [0.25, 0.3) is 0 Å². The van der Waals surface area contributed by atoms with Crippen molar-refractivity contribution < 1.29 is 9.53 Å². The van der Waals surface area contributed by atoms with E-state index in [-0.39, 0.29) is 17.6 Å². The Labute approximate surface area is 103 Å². The van der Waals surface area contributed by atoms with E-state index in [0.29, 0.717) is 0 Å². The zero-order valence-electron chi connectivity index (χ0n) is 10.8. The zero-order chi connectivity index (χ0) is 12.1. The number of nitrogens with zero attached hydrogens (tertiary/aromatic N) is 1. The van der Waals surface area contributed by atoms with Crippen LogP contribution in [0.2, 0.25) is 0 Å². The molecule has 3 aliphatic rings. The Balaban J connectivity index is 1.86. The van der Waals surface area contributed by atoms with Crippen molar-refractivity contribution in [1.82, 2.24) is 10.2 Å². The smallest absolute Gasteiger partial charge is 0.255 e. The van der Waals surface area contributed by atoms with Crippen LogP contribution in [0.5, 0.6) is 0 Å². The van der Waals surface area contributed by atoms with Crippen molar-refractivity contribution in [2.45, 2.75) is 56.8 Å². The highest BCUT2D eigenvalue weighted by Crippen LogP contribution is 2.49. The van der Waals surface area contributed by atoms with Gasteiger partial charge in [-0.15, -0.1) is 0 Å². The quantitative estimate of drug-likeness (QED) is 0.738. The first-order chi connectivity index (χ1) is 8.07. The first-order valence-corrected chi connectivity index (χ1v) is 6.79. The molecule has 0 aromatic heterocycles. The average molecular weight is 238 g/mol. The molecule has 2 heterocycles. The molecule has 4 heteroatoms. The summed E-state index contributed by atoms with van der Waals surface area (Å²) in [6.07, 6.45) is 3.91. The Hall–Kier alpha value is -0.610. The molecule has 3 rings (SSSR count). The summed E-state index contributed by atoms with van der Waals surface area (Å²) in [6, 6.07) is 0.288. The van der Waals surface area contributed by atoms with Crippen LogP contribution < -0.4 is 5.32 Å². The van der Waals surface area contributed by atoms with Crippen LogP contribution in [-0.2, 0) is 9.53 Å². The lowest BCUT2D eigenvalue weighted by molar-refractivity contribution is -0.199. The van der Waals surface area contributed by atoms with Gasteiger partial charge in [0.15, 0.2) is 0 Å². The minimum atomic E-state index is -0.431. The molecular formula is C13H22N2O2. The molecule has 2 saturated heterocycles. The zero-order valence-corrected chi connectivity index (χ0v) is 10.8. The van der Waals surface area contributed by atoms with E-state index in [9.17, 15) is 4.79 Å². The number of rotatable bonds is 1. The van der Waals surface area contributed by atoms with Crippen molar-refractivity contribution >= 4 is 5.91 Å². The molecule has 2 aliphatic heterocycles. The van der Waals surface area contributed by atoms with Crippen molar-refractivity contribution in [1.29, 1.82) is 0 Å². The molecule has 17 heavy (non-hydrogen) atoms. The fourth-order valence-electron chi connectivity index (χ4n) is 3.12. The molecule has 1 aliphatic carbocycles. The molecule has 2 spiro atoms. The van der Waals surface area contributed by atoms with E-state index in [0.717, 1.165) is 45.3 Å². The van der Waals surface area contributed by atoms with E-state index in [1.807, 2.05) is 4.90 Å². The van der Waals surface area contributed by atoms with E-state index >= 15 is 0 Å². The van der Waals surface area contributed by atoms with Gasteiger partial charge in [-0.25, -0.2) is 0 Å². The van der Waals surface area contributed by atoms with Crippen LogP contribution in [0.3, 0.4) is 0 Å². The number of hydrogen-bond donors (Lipinski definition) is 1. The topological polar surface area (TPSA) is 41.6 Å². The minimum absolute atomic E-state index is 0.0695.